The fraction of sp³-hybridized carbons (Fsp3) is 0.267. The van der Waals surface area contributed by atoms with Gasteiger partial charge in [0.1, 0.15) is 5.69 Å². The molecule has 0 aliphatic heterocycles. The number of esters is 1. The molecule has 19 heavy (non-hydrogen) atoms. The van der Waals surface area contributed by atoms with Gasteiger partial charge in [0, 0.05) is 23.5 Å². The fourth-order valence-electron chi connectivity index (χ4n) is 2.05. The summed E-state index contributed by atoms with van der Waals surface area (Å²) in [6.45, 7) is 4.05. The zero-order valence-electron chi connectivity index (χ0n) is 11.4. The average Bonchev–Trinajstić information content (AvgIpc) is 2.83. The van der Waals surface area contributed by atoms with E-state index in [2.05, 4.69) is 0 Å². The number of hydrogen-bond acceptors (Lipinski definition) is 3. The zero-order valence-corrected chi connectivity index (χ0v) is 11.4. The third-order valence-corrected chi connectivity index (χ3v) is 3.02. The van der Waals surface area contributed by atoms with Gasteiger partial charge in [-0.05, 0) is 37.6 Å². The van der Waals surface area contributed by atoms with Gasteiger partial charge in [0.25, 0.3) is 0 Å². The van der Waals surface area contributed by atoms with E-state index in [-0.39, 0.29) is 12.0 Å². The predicted octanol–water partition coefficient (Wildman–Crippen LogP) is 3.10. The lowest BCUT2D eigenvalue weighted by atomic mass is 10.1. The Morgan fingerprint density at radius 2 is 2.00 bits per heavy atom. The Labute approximate surface area is 112 Å². The molecule has 0 saturated carbocycles. The summed E-state index contributed by atoms with van der Waals surface area (Å²) in [4.78, 5) is 11.8. The van der Waals surface area contributed by atoms with Crippen LogP contribution in [0, 0.1) is 0 Å². The maximum absolute atomic E-state index is 11.8. The normalized spacial score (nSPS) is 10.7. The minimum absolute atomic E-state index is 0.184. The summed E-state index contributed by atoms with van der Waals surface area (Å²) in [6.07, 6.45) is 1.95. The summed E-state index contributed by atoms with van der Waals surface area (Å²) in [5, 5.41) is 0. The Balaban J connectivity index is 2.51. The van der Waals surface area contributed by atoms with Crippen molar-refractivity contribution in [1.82, 2.24) is 4.57 Å². The molecule has 0 bridgehead atoms. The summed E-state index contributed by atoms with van der Waals surface area (Å²) in [5.41, 5.74) is 8.99. The number of carbonyl (C=O) groups excluding carboxylic acids is 1. The number of carbonyl (C=O) groups is 1. The number of nitrogens with two attached hydrogens (primary N) is 1. The van der Waals surface area contributed by atoms with Crippen molar-refractivity contribution < 1.29 is 9.53 Å². The van der Waals surface area contributed by atoms with Crippen LogP contribution in [0.25, 0.3) is 11.1 Å². The van der Waals surface area contributed by atoms with Crippen LogP contribution >= 0.6 is 0 Å². The van der Waals surface area contributed by atoms with Crippen LogP contribution < -0.4 is 5.73 Å². The van der Waals surface area contributed by atoms with Gasteiger partial charge in [-0.15, -0.1) is 0 Å². The number of benzene rings is 1. The first-order valence-electron chi connectivity index (χ1n) is 6.19. The lowest BCUT2D eigenvalue weighted by molar-refractivity contribution is 0.0587. The van der Waals surface area contributed by atoms with Gasteiger partial charge in [-0.3, -0.25) is 0 Å². The van der Waals surface area contributed by atoms with Crippen LogP contribution in [0.15, 0.2) is 36.5 Å². The van der Waals surface area contributed by atoms with Crippen molar-refractivity contribution in [3.63, 3.8) is 0 Å². The molecular weight excluding hydrogens is 240 g/mol. The average molecular weight is 258 g/mol. The summed E-state index contributed by atoms with van der Waals surface area (Å²) >= 11 is 0. The van der Waals surface area contributed by atoms with E-state index in [1.807, 2.05) is 54.9 Å². The molecule has 0 aliphatic rings. The van der Waals surface area contributed by atoms with E-state index in [0.29, 0.717) is 11.4 Å². The molecular formula is C15H18N2O2. The van der Waals surface area contributed by atoms with Gasteiger partial charge in [0.15, 0.2) is 0 Å². The highest BCUT2D eigenvalue weighted by atomic mass is 16.5. The monoisotopic (exact) mass is 258 g/mol. The second kappa shape index (κ2) is 5.18. The summed E-state index contributed by atoms with van der Waals surface area (Å²) in [5.74, 6) is -0.330. The largest absolute Gasteiger partial charge is 0.464 e. The van der Waals surface area contributed by atoms with E-state index in [1.165, 1.54) is 7.11 Å². The molecule has 100 valence electrons. The highest BCUT2D eigenvalue weighted by Gasteiger charge is 2.16. The van der Waals surface area contributed by atoms with Crippen LogP contribution in [-0.4, -0.2) is 17.6 Å². The number of anilines is 1. The molecule has 2 N–H and O–H groups in total. The highest BCUT2D eigenvalue weighted by Crippen LogP contribution is 2.26. The third-order valence-electron chi connectivity index (χ3n) is 3.02. The van der Waals surface area contributed by atoms with Gasteiger partial charge in [-0.1, -0.05) is 12.1 Å². The molecule has 1 aromatic carbocycles. The van der Waals surface area contributed by atoms with E-state index in [9.17, 15) is 4.79 Å². The molecule has 2 aromatic rings. The number of hydrogen-bond donors (Lipinski definition) is 1. The molecule has 1 heterocycles. The number of nitrogen functional groups attached to an aromatic ring is 1. The lowest BCUT2D eigenvalue weighted by Gasteiger charge is -2.10. The molecule has 0 unspecified atom stereocenters. The predicted molar refractivity (Wildman–Crippen MR) is 76.0 cm³/mol. The van der Waals surface area contributed by atoms with E-state index >= 15 is 0 Å². The Morgan fingerprint density at radius 1 is 1.26 bits per heavy atom. The number of rotatable bonds is 3. The highest BCUT2D eigenvalue weighted by molar-refractivity contribution is 5.90. The van der Waals surface area contributed by atoms with Gasteiger partial charge in [0.05, 0.1) is 7.11 Å². The van der Waals surface area contributed by atoms with Crippen molar-refractivity contribution in [3.8, 4) is 11.1 Å². The molecule has 2 rings (SSSR count). The lowest BCUT2D eigenvalue weighted by Crippen LogP contribution is -2.11. The van der Waals surface area contributed by atoms with E-state index < -0.39 is 0 Å². The maximum Gasteiger partial charge on any atom is 0.354 e. The topological polar surface area (TPSA) is 57.2 Å². The van der Waals surface area contributed by atoms with Crippen LogP contribution in [0.1, 0.15) is 30.4 Å². The molecule has 4 heteroatoms. The van der Waals surface area contributed by atoms with E-state index in [4.69, 9.17) is 10.5 Å². The number of aromatic nitrogens is 1. The van der Waals surface area contributed by atoms with Crippen LogP contribution in [0.2, 0.25) is 0 Å². The quantitative estimate of drug-likeness (QED) is 0.679. The van der Waals surface area contributed by atoms with Gasteiger partial charge >= 0.3 is 5.97 Å². The van der Waals surface area contributed by atoms with Crippen LogP contribution in [0.4, 0.5) is 5.69 Å². The van der Waals surface area contributed by atoms with Crippen LogP contribution in [0.5, 0.6) is 0 Å². The van der Waals surface area contributed by atoms with Gasteiger partial charge in [-0.25, -0.2) is 4.79 Å². The minimum atomic E-state index is -0.330. The van der Waals surface area contributed by atoms with E-state index in [1.54, 1.807) is 0 Å². The van der Waals surface area contributed by atoms with Crippen LogP contribution in [-0.2, 0) is 4.74 Å². The third kappa shape index (κ3) is 2.62. The Kier molecular flexibility index (Phi) is 3.60. The van der Waals surface area contributed by atoms with Crippen molar-refractivity contribution >= 4 is 11.7 Å². The van der Waals surface area contributed by atoms with Crippen molar-refractivity contribution in [3.05, 3.63) is 42.2 Å². The van der Waals surface area contributed by atoms with Gasteiger partial charge < -0.3 is 15.0 Å². The summed E-state index contributed by atoms with van der Waals surface area (Å²) in [6, 6.07) is 9.61. The Hall–Kier alpha value is -2.23. The van der Waals surface area contributed by atoms with Crippen LogP contribution in [0.3, 0.4) is 0 Å². The number of nitrogens with zero attached hydrogens (tertiary/aromatic N) is 1. The molecule has 0 radical (unpaired) electrons. The first-order chi connectivity index (χ1) is 9.02. The van der Waals surface area contributed by atoms with Gasteiger partial charge in [0.2, 0.25) is 0 Å². The number of methoxy groups -OCH3 is 1. The van der Waals surface area contributed by atoms with Gasteiger partial charge in [-0.2, -0.15) is 0 Å². The van der Waals surface area contributed by atoms with Crippen molar-refractivity contribution in [2.75, 3.05) is 12.8 Å². The molecule has 0 spiro atoms. The molecule has 0 fully saturated rings. The molecule has 0 amide bonds. The number of ether oxygens (including phenoxy) is 1. The zero-order chi connectivity index (χ0) is 14.0. The SMILES string of the molecule is COC(=O)c1cc(-c2cccc(N)c2)cn1C(C)C. The molecule has 4 nitrogen and oxygen atoms in total. The fourth-order valence-corrected chi connectivity index (χ4v) is 2.05. The summed E-state index contributed by atoms with van der Waals surface area (Å²) < 4.78 is 6.72. The smallest absolute Gasteiger partial charge is 0.354 e. The molecule has 0 atom stereocenters. The van der Waals surface area contributed by atoms with E-state index in [0.717, 1.165) is 11.1 Å². The molecule has 1 aromatic heterocycles. The Bertz CT molecular complexity index is 600. The Morgan fingerprint density at radius 3 is 2.58 bits per heavy atom. The first kappa shape index (κ1) is 13.2. The first-order valence-corrected chi connectivity index (χ1v) is 6.19. The second-order valence-electron chi connectivity index (χ2n) is 4.73. The van der Waals surface area contributed by atoms with Crippen molar-refractivity contribution in [2.24, 2.45) is 0 Å². The van der Waals surface area contributed by atoms with Crippen molar-refractivity contribution in [1.29, 1.82) is 0 Å². The summed E-state index contributed by atoms with van der Waals surface area (Å²) in [7, 11) is 1.39. The van der Waals surface area contributed by atoms with Crippen molar-refractivity contribution in [2.45, 2.75) is 19.9 Å². The maximum atomic E-state index is 11.8. The minimum Gasteiger partial charge on any atom is -0.464 e. The molecule has 0 aliphatic carbocycles. The standard InChI is InChI=1S/C15H18N2O2/c1-10(2)17-9-12(8-14(17)15(18)19-3)11-5-4-6-13(16)7-11/h4-10H,16H2,1-3H3. The second-order valence-corrected chi connectivity index (χ2v) is 4.73. The molecule has 0 saturated heterocycles.